The Morgan fingerprint density at radius 1 is 1.69 bits per heavy atom. The first-order valence-electron chi connectivity index (χ1n) is 4.16. The number of thioether (sulfide) groups is 1. The van der Waals surface area contributed by atoms with Crippen molar-refractivity contribution in [2.24, 2.45) is 0 Å². The minimum Gasteiger partial charge on any atom is -0.477 e. The predicted molar refractivity (Wildman–Crippen MR) is 68.9 cm³/mol. The average molecular weight is 350 g/mol. The number of carboxylic acids is 1. The van der Waals surface area contributed by atoms with Crippen molar-refractivity contribution in [2.75, 3.05) is 12.0 Å². The summed E-state index contributed by atoms with van der Waals surface area (Å²) in [4.78, 5) is 14.9. The fraction of sp³-hybridized carbons (Fsp3) is 0.125. The zero-order valence-electron chi connectivity index (χ0n) is 8.14. The Hall–Kier alpha value is -1.03. The fourth-order valence-electron chi connectivity index (χ4n) is 1.25. The lowest BCUT2D eigenvalue weighted by Gasteiger charge is -2.01. The van der Waals surface area contributed by atoms with Gasteiger partial charge in [0.05, 0.1) is 3.57 Å². The second kappa shape index (κ2) is 4.09. The number of halogens is 1. The first kappa shape index (κ1) is 11.5. The van der Waals surface area contributed by atoms with Crippen LogP contribution in [0.1, 0.15) is 10.4 Å². The summed E-state index contributed by atoms with van der Waals surface area (Å²) in [5.74, 6) is -1.01. The third kappa shape index (κ3) is 1.61. The summed E-state index contributed by atoms with van der Waals surface area (Å²) >= 11 is 3.57. The van der Waals surface area contributed by atoms with Gasteiger partial charge in [0.25, 0.3) is 0 Å². The summed E-state index contributed by atoms with van der Waals surface area (Å²) < 4.78 is 2.23. The molecule has 3 N–H and O–H groups in total. The van der Waals surface area contributed by atoms with Crippen LogP contribution >= 0.6 is 34.4 Å². The molecule has 0 atom stereocenters. The smallest absolute Gasteiger partial charge is 0.341 e. The second-order valence-corrected chi connectivity index (χ2v) is 4.79. The first-order chi connectivity index (χ1) is 7.56. The molecule has 6 nitrogen and oxygen atoms in total. The molecular formula is C8H7IN4O2S. The van der Waals surface area contributed by atoms with Crippen LogP contribution in [-0.2, 0) is 0 Å². The van der Waals surface area contributed by atoms with Crippen LogP contribution in [0.25, 0.3) is 5.65 Å². The molecule has 0 saturated carbocycles. The van der Waals surface area contributed by atoms with E-state index in [2.05, 4.69) is 32.7 Å². The Morgan fingerprint density at radius 3 is 2.94 bits per heavy atom. The Balaban J connectivity index is 2.80. The van der Waals surface area contributed by atoms with Crippen LogP contribution in [-0.4, -0.2) is 31.9 Å². The number of carboxylic acid groups (broad SMARTS) is 1. The summed E-state index contributed by atoms with van der Waals surface area (Å²) in [5, 5.41) is 13.9. The van der Waals surface area contributed by atoms with E-state index in [0.717, 1.165) is 8.60 Å². The van der Waals surface area contributed by atoms with Crippen LogP contribution in [0.5, 0.6) is 0 Å². The van der Waals surface area contributed by atoms with Gasteiger partial charge in [-0.25, -0.2) is 9.78 Å². The van der Waals surface area contributed by atoms with Crippen LogP contribution in [0.3, 0.4) is 0 Å². The highest BCUT2D eigenvalue weighted by Gasteiger charge is 2.17. The van der Waals surface area contributed by atoms with Crippen LogP contribution in [0, 0.1) is 3.57 Å². The molecule has 0 bridgehead atoms. The molecule has 0 aliphatic rings. The van der Waals surface area contributed by atoms with Gasteiger partial charge in [0.15, 0.2) is 5.65 Å². The Labute approximate surface area is 108 Å². The van der Waals surface area contributed by atoms with Gasteiger partial charge in [0, 0.05) is 6.20 Å². The zero-order valence-corrected chi connectivity index (χ0v) is 11.1. The molecule has 2 aromatic heterocycles. The maximum Gasteiger partial charge on any atom is 0.341 e. The monoisotopic (exact) mass is 350 g/mol. The number of fused-ring (bicyclic) bond motifs is 1. The highest BCUT2D eigenvalue weighted by atomic mass is 127. The molecule has 0 amide bonds. The summed E-state index contributed by atoms with van der Waals surface area (Å²) in [7, 11) is 0. The largest absolute Gasteiger partial charge is 0.477 e. The number of aromatic nitrogens is 3. The van der Waals surface area contributed by atoms with E-state index in [4.69, 9.17) is 10.8 Å². The summed E-state index contributed by atoms with van der Waals surface area (Å²) in [5.41, 5.74) is 6.26. The third-order valence-electron chi connectivity index (χ3n) is 2.02. The van der Waals surface area contributed by atoms with Crippen molar-refractivity contribution in [1.82, 2.24) is 14.6 Å². The lowest BCUT2D eigenvalue weighted by molar-refractivity contribution is 0.0697. The number of anilines is 1. The van der Waals surface area contributed by atoms with Gasteiger partial charge >= 0.3 is 5.97 Å². The van der Waals surface area contributed by atoms with Crippen molar-refractivity contribution in [1.29, 1.82) is 0 Å². The van der Waals surface area contributed by atoms with E-state index in [-0.39, 0.29) is 11.4 Å². The summed E-state index contributed by atoms with van der Waals surface area (Å²) in [6.45, 7) is 0. The molecule has 0 saturated heterocycles. The van der Waals surface area contributed by atoms with Gasteiger partial charge in [-0.05, 0) is 28.8 Å². The molecule has 0 spiro atoms. The third-order valence-corrected chi connectivity index (χ3v) is 4.05. The fourth-order valence-corrected chi connectivity index (χ4v) is 2.82. The summed E-state index contributed by atoms with van der Waals surface area (Å²) in [6, 6.07) is 0. The van der Waals surface area contributed by atoms with Crippen molar-refractivity contribution in [3.05, 3.63) is 15.3 Å². The maximum atomic E-state index is 10.9. The van der Waals surface area contributed by atoms with Gasteiger partial charge in [0.2, 0.25) is 0 Å². The van der Waals surface area contributed by atoms with E-state index in [0.29, 0.717) is 5.65 Å². The van der Waals surface area contributed by atoms with Crippen molar-refractivity contribution in [3.63, 3.8) is 0 Å². The first-order valence-corrected chi connectivity index (χ1v) is 6.46. The van der Waals surface area contributed by atoms with E-state index >= 15 is 0 Å². The van der Waals surface area contributed by atoms with Gasteiger partial charge in [-0.1, -0.05) is 0 Å². The van der Waals surface area contributed by atoms with Crippen LogP contribution in [0.4, 0.5) is 5.82 Å². The van der Waals surface area contributed by atoms with E-state index in [1.54, 1.807) is 0 Å². The normalized spacial score (nSPS) is 10.9. The minimum atomic E-state index is -1.11. The minimum absolute atomic E-state index is 0.0425. The van der Waals surface area contributed by atoms with Gasteiger partial charge < -0.3 is 10.8 Å². The molecule has 0 aromatic carbocycles. The van der Waals surface area contributed by atoms with Gasteiger partial charge in [0.1, 0.15) is 16.4 Å². The van der Waals surface area contributed by atoms with E-state index in [1.807, 2.05) is 6.26 Å². The van der Waals surface area contributed by atoms with Gasteiger partial charge in [-0.15, -0.1) is 11.8 Å². The number of nitrogens with zero attached hydrogens (tertiary/aromatic N) is 3. The van der Waals surface area contributed by atoms with Gasteiger partial charge in [-0.2, -0.15) is 9.61 Å². The second-order valence-electron chi connectivity index (χ2n) is 2.92. The van der Waals surface area contributed by atoms with Crippen LogP contribution in [0.2, 0.25) is 0 Å². The molecule has 2 aromatic rings. The van der Waals surface area contributed by atoms with Crippen LogP contribution in [0.15, 0.2) is 11.2 Å². The lowest BCUT2D eigenvalue weighted by atomic mass is 10.3. The molecule has 2 rings (SSSR count). The molecule has 0 aliphatic heterocycles. The molecule has 84 valence electrons. The van der Waals surface area contributed by atoms with Crippen LogP contribution < -0.4 is 5.73 Å². The SMILES string of the molecule is CSc1nn2c(N)c(C(=O)O)cnc2c1I. The lowest BCUT2D eigenvalue weighted by Crippen LogP contribution is -2.09. The molecule has 0 fully saturated rings. The standard InChI is InChI=1S/C8H7IN4O2S/c1-16-7-4(9)6-11-2-3(8(14)15)5(10)13(6)12-7/h2H,10H2,1H3,(H,14,15). The number of carbonyl (C=O) groups is 1. The number of hydrogen-bond donors (Lipinski definition) is 2. The molecule has 16 heavy (non-hydrogen) atoms. The number of hydrogen-bond acceptors (Lipinski definition) is 5. The molecule has 0 radical (unpaired) electrons. The number of nitrogen functional groups attached to an aromatic ring is 1. The molecule has 0 aliphatic carbocycles. The zero-order chi connectivity index (χ0) is 11.9. The summed E-state index contributed by atoms with van der Waals surface area (Å²) in [6.07, 6.45) is 3.14. The molecule has 2 heterocycles. The van der Waals surface area contributed by atoms with Crippen molar-refractivity contribution >= 4 is 51.8 Å². The highest BCUT2D eigenvalue weighted by molar-refractivity contribution is 14.1. The number of rotatable bonds is 2. The Kier molecular flexibility index (Phi) is 2.93. The van der Waals surface area contributed by atoms with E-state index in [1.165, 1.54) is 22.5 Å². The van der Waals surface area contributed by atoms with E-state index < -0.39 is 5.97 Å². The van der Waals surface area contributed by atoms with Crippen molar-refractivity contribution in [2.45, 2.75) is 5.03 Å². The number of nitrogens with two attached hydrogens (primary N) is 1. The van der Waals surface area contributed by atoms with E-state index in [9.17, 15) is 4.79 Å². The van der Waals surface area contributed by atoms with Crippen molar-refractivity contribution in [3.8, 4) is 0 Å². The predicted octanol–water partition coefficient (Wildman–Crippen LogP) is 1.34. The molecular weight excluding hydrogens is 343 g/mol. The quantitative estimate of drug-likeness (QED) is 0.627. The Bertz CT molecular complexity index is 583. The molecule has 8 heteroatoms. The highest BCUT2D eigenvalue weighted by Crippen LogP contribution is 2.26. The Morgan fingerprint density at radius 2 is 2.38 bits per heavy atom. The van der Waals surface area contributed by atoms with Crippen molar-refractivity contribution < 1.29 is 9.90 Å². The average Bonchev–Trinajstić information content (AvgIpc) is 2.57. The number of aromatic carboxylic acids is 1. The van der Waals surface area contributed by atoms with Gasteiger partial charge in [-0.3, -0.25) is 0 Å². The topological polar surface area (TPSA) is 93.5 Å². The maximum absolute atomic E-state index is 10.9. The molecule has 0 unspecified atom stereocenters.